The van der Waals surface area contributed by atoms with E-state index in [4.69, 9.17) is 42.4 Å². The number of esters is 5. The lowest BCUT2D eigenvalue weighted by Crippen LogP contribution is -2.68. The van der Waals surface area contributed by atoms with E-state index >= 15 is 9.59 Å². The SMILES string of the molecule is C.C.C.C.C.C.C.C.C.C.CCCCCCCCCCCCCC(C)C(=O)OC(CC(=O)NC1C(O)OC(COC2OC(CO)C(O[P+]([O-])(O)O)C(OC(=O)CC(OC(=O)C(C)CCCCCCCCCCC)C(C)CCCCCCCCC)C2NC(=O)CC(OC(=O)C(C)CCCCCCCCC)C(C)CCCCCCCCC)C(O)C1OC(=O)CC(O)C(C)CCCCCCCCC)C(C)CCCCCCCCC. The van der Waals surface area contributed by atoms with Crippen LogP contribution in [-0.2, 0) is 76.0 Å². The highest BCUT2D eigenvalue weighted by Crippen LogP contribution is 2.46. The van der Waals surface area contributed by atoms with Gasteiger partial charge in [-0.15, -0.1) is 0 Å². The molecule has 0 aliphatic carbocycles. The monoisotopic (exact) mass is 2120 g/mol. The van der Waals surface area contributed by atoms with E-state index in [9.17, 15) is 59.1 Å². The summed E-state index contributed by atoms with van der Waals surface area (Å²) in [5.41, 5.74) is 0. The molecule has 2 fully saturated rings. The first-order valence-corrected chi connectivity index (χ1v) is 57.9. The first-order valence-electron chi connectivity index (χ1n) is 56.3. The number of carbonyl (C=O) groups excluding carboxylic acids is 7. The molecule has 25 nitrogen and oxygen atoms in total. The quantitative estimate of drug-likeness (QED) is 0.0121. The van der Waals surface area contributed by atoms with Crippen LogP contribution >= 0.6 is 8.17 Å². The lowest BCUT2D eigenvalue weighted by Gasteiger charge is -2.46. The number of aliphatic hydroxyl groups is 4. The summed E-state index contributed by atoms with van der Waals surface area (Å²) in [4.78, 5) is 138. The summed E-state index contributed by atoms with van der Waals surface area (Å²) in [6, 6.07) is -3.59. The van der Waals surface area contributed by atoms with E-state index in [2.05, 4.69) is 59.1 Å². The summed E-state index contributed by atoms with van der Waals surface area (Å²) in [6.45, 7) is 26.4. The minimum absolute atomic E-state index is 0. The molecule has 880 valence electrons. The van der Waals surface area contributed by atoms with Crippen molar-refractivity contribution in [2.45, 2.75) is 681 Å². The second-order valence-electron chi connectivity index (χ2n) is 41.7. The van der Waals surface area contributed by atoms with Gasteiger partial charge >= 0.3 is 38.0 Å². The molecule has 0 saturated carbocycles. The molecule has 0 bridgehead atoms. The van der Waals surface area contributed by atoms with Crippen LogP contribution < -0.4 is 15.5 Å². The Bertz CT molecular complexity index is 2950. The summed E-state index contributed by atoms with van der Waals surface area (Å²) in [6.07, 6.45) is 40.8. The highest BCUT2D eigenvalue weighted by Gasteiger charge is 2.56. The predicted octanol–water partition coefficient (Wildman–Crippen LogP) is 30.8. The molecule has 8 N–H and O–H groups in total. The molecule has 2 aliphatic rings. The van der Waals surface area contributed by atoms with E-state index in [0.29, 0.717) is 44.9 Å². The van der Waals surface area contributed by atoms with Gasteiger partial charge in [0.25, 0.3) is 0 Å². The number of ether oxygens (including phenoxy) is 8. The van der Waals surface area contributed by atoms with Crippen molar-refractivity contribution in [2.75, 3.05) is 13.2 Å². The normalized spacial score (nSPS) is 19.7. The van der Waals surface area contributed by atoms with E-state index in [1.165, 1.54) is 70.6 Å². The van der Waals surface area contributed by atoms with Crippen molar-refractivity contribution in [3.63, 3.8) is 0 Å². The van der Waals surface area contributed by atoms with Crippen molar-refractivity contribution in [1.82, 2.24) is 10.6 Å². The molecule has 2 amide bonds. The summed E-state index contributed by atoms with van der Waals surface area (Å²) < 4.78 is 56.5. The second-order valence-corrected chi connectivity index (χ2v) is 42.9. The number of hydrogen-bond acceptors (Lipinski definition) is 23. The Labute approximate surface area is 901 Å². The maximum Gasteiger partial charge on any atom is 0.374 e. The van der Waals surface area contributed by atoms with E-state index in [0.717, 1.165) is 283 Å². The van der Waals surface area contributed by atoms with Gasteiger partial charge in [-0.1, -0.05) is 524 Å². The van der Waals surface area contributed by atoms with Gasteiger partial charge in [0, 0.05) is 0 Å². The fourth-order valence-electron chi connectivity index (χ4n) is 19.1. The Balaban J connectivity index is -0.00000268. The van der Waals surface area contributed by atoms with Crippen LogP contribution in [0.3, 0.4) is 0 Å². The Morgan fingerprint density at radius 3 is 0.863 bits per heavy atom. The smallest absolute Gasteiger partial charge is 0.374 e. The standard InChI is InChI=1S/C110H207N2O23P.10CH4/c1-15-22-29-36-43-45-46-48-55-62-68-75-88(13)106(120)128-91(84(9)71-64-57-50-39-32-25-18-4)78-96(115)111-100-104(133-98(117)77-90(114)83(8)70-63-56-49-38-31-24-17-3)102(119)95(131-109(100)123)82-127-110-101(112-97(116)79-92(85(10)72-65-58-51-40-33-26-19-5)129-107(121)87(12)74-67-60-53-42-35-28-21-7)105(103(94(81-113)132-110)135-136(124,125)126)134-99(118)80-93(86(11)73-66-59-52-41-34-27-20-6)130-108(122)89(14)76-69-61-54-47-44-37-30-23-16-2;;;;;;;;;;/h83-95,100-105,109-110,113-114,119,123H,15-82H2,1-14H3,(H,111,115)(H,112,116)(H2,124,125,126);10*1H4. The molecular formula is C120H247N2O23P. The Morgan fingerprint density at radius 1 is 0.322 bits per heavy atom. The lowest BCUT2D eigenvalue weighted by molar-refractivity contribution is -0.307. The van der Waals surface area contributed by atoms with Crippen molar-refractivity contribution in [3.8, 4) is 0 Å². The highest BCUT2D eigenvalue weighted by atomic mass is 31.2. The number of aliphatic hydroxyl groups excluding tert-OH is 4. The fraction of sp³-hybridized carbons (Fsp3) is 0.942. The van der Waals surface area contributed by atoms with Crippen molar-refractivity contribution in [1.29, 1.82) is 0 Å². The van der Waals surface area contributed by atoms with Crippen molar-refractivity contribution in [2.24, 2.45) is 41.4 Å². The van der Waals surface area contributed by atoms with E-state index in [-0.39, 0.29) is 92.5 Å². The summed E-state index contributed by atoms with van der Waals surface area (Å²) in [5.74, 6) is -8.04. The van der Waals surface area contributed by atoms with Crippen LogP contribution in [-0.4, -0.2) is 171 Å². The average molecular weight is 2120 g/mol. The molecule has 0 spiro atoms. The molecular weight excluding hydrogens is 1870 g/mol. The first kappa shape index (κ1) is 160. The second kappa shape index (κ2) is 102. The van der Waals surface area contributed by atoms with Crippen molar-refractivity contribution >= 4 is 49.8 Å². The molecule has 0 aromatic heterocycles. The zero-order valence-electron chi connectivity index (χ0n) is 88.8. The third kappa shape index (κ3) is 76.0. The molecule has 2 saturated heterocycles. The number of unbranched alkanes of at least 4 members (excludes halogenated alkanes) is 48. The molecule has 21 atom stereocenters. The first-order chi connectivity index (χ1) is 65.4. The lowest BCUT2D eigenvalue weighted by atomic mass is 9.92. The zero-order chi connectivity index (χ0) is 101. The molecule has 21 unspecified atom stereocenters. The number of rotatable bonds is 90. The van der Waals surface area contributed by atoms with Gasteiger partial charge in [-0.2, -0.15) is 14.3 Å². The van der Waals surface area contributed by atoms with Crippen LogP contribution in [0.1, 0.15) is 595 Å². The number of phosphoric ester groups is 1. The largest absolute Gasteiger partial charge is 0.606 e. The van der Waals surface area contributed by atoms with Crippen LogP contribution in [0.15, 0.2) is 0 Å². The minimum Gasteiger partial charge on any atom is -0.606 e. The van der Waals surface area contributed by atoms with E-state index in [1.807, 2.05) is 48.5 Å². The Hall–Kier alpha value is -3.72. The molecule has 2 rings (SSSR count). The molecule has 2 heterocycles. The molecule has 26 heteroatoms. The van der Waals surface area contributed by atoms with Crippen LogP contribution in [0.4, 0.5) is 0 Å². The van der Waals surface area contributed by atoms with Gasteiger partial charge in [0.05, 0.1) is 62.8 Å². The summed E-state index contributed by atoms with van der Waals surface area (Å²) in [7, 11) is -5.68. The molecule has 146 heavy (non-hydrogen) atoms. The fourth-order valence-corrected chi connectivity index (χ4v) is 19.6. The number of hydrogen-bond donors (Lipinski definition) is 8. The summed E-state index contributed by atoms with van der Waals surface area (Å²) >= 11 is 0. The van der Waals surface area contributed by atoms with Gasteiger partial charge in [-0.25, -0.2) is 0 Å². The maximum atomic E-state index is 15.5. The van der Waals surface area contributed by atoms with Gasteiger partial charge in [0.2, 0.25) is 11.8 Å². The Kier molecular flexibility index (Phi) is 111. The van der Waals surface area contributed by atoms with Gasteiger partial charge in [-0.05, 0) is 68.6 Å². The van der Waals surface area contributed by atoms with Gasteiger partial charge in [-0.3, -0.25) is 33.6 Å². The minimum atomic E-state index is -5.68. The van der Waals surface area contributed by atoms with Crippen molar-refractivity contribution in [3.05, 3.63) is 0 Å². The third-order valence-electron chi connectivity index (χ3n) is 28.8. The average Bonchev–Trinajstić information content (AvgIpc) is 0.776. The van der Waals surface area contributed by atoms with Gasteiger partial charge < -0.3 is 73.8 Å². The number of amides is 2. The van der Waals surface area contributed by atoms with Crippen LogP contribution in [0.25, 0.3) is 0 Å². The van der Waals surface area contributed by atoms with Gasteiger partial charge in [0.1, 0.15) is 48.7 Å². The third-order valence-corrected chi connectivity index (χ3v) is 29.3. The molecule has 0 aromatic rings. The van der Waals surface area contributed by atoms with E-state index < -0.39 is 198 Å². The molecule has 0 aromatic carbocycles. The van der Waals surface area contributed by atoms with Gasteiger partial charge in [0.15, 0.2) is 30.9 Å². The number of nitrogens with one attached hydrogen (secondary N) is 2. The van der Waals surface area contributed by atoms with Crippen LogP contribution in [0.2, 0.25) is 0 Å². The highest BCUT2D eigenvalue weighted by molar-refractivity contribution is 7.51. The molecule has 2 aliphatic heterocycles. The zero-order valence-corrected chi connectivity index (χ0v) is 89.7. The topological polar surface area (TPSA) is 371 Å². The molecule has 0 radical (unpaired) electrons. The van der Waals surface area contributed by atoms with E-state index in [1.54, 1.807) is 0 Å². The van der Waals surface area contributed by atoms with Crippen LogP contribution in [0, 0.1) is 41.4 Å². The summed E-state index contributed by atoms with van der Waals surface area (Å²) in [5, 5.41) is 54.1. The number of phosphoric acid groups is 1. The van der Waals surface area contributed by atoms with Crippen molar-refractivity contribution < 1.29 is 111 Å². The Morgan fingerprint density at radius 2 is 0.575 bits per heavy atom. The number of carbonyl (C=O) groups is 7. The predicted molar refractivity (Wildman–Crippen MR) is 610 cm³/mol. The maximum absolute atomic E-state index is 15.5. The van der Waals surface area contributed by atoms with Crippen LogP contribution in [0.5, 0.6) is 0 Å².